The zero-order valence-electron chi connectivity index (χ0n) is 6.97. The Labute approximate surface area is 71.8 Å². The molecule has 0 aromatic heterocycles. The Morgan fingerprint density at radius 2 is 2.08 bits per heavy atom. The average Bonchev–Trinajstić information content (AvgIpc) is 2.04. The van der Waals surface area contributed by atoms with Gasteiger partial charge in [-0.2, -0.15) is 5.26 Å². The normalized spacial score (nSPS) is 12.1. The monoisotopic (exact) mass is 163 g/mol. The minimum atomic E-state index is -0.495. The summed E-state index contributed by atoms with van der Waals surface area (Å²) in [5.74, 6) is -0.495. The highest BCUT2D eigenvalue weighted by Gasteiger charge is 1.94. The van der Waals surface area contributed by atoms with Gasteiger partial charge in [-0.25, -0.2) is 4.39 Å². The molecule has 0 aliphatic heterocycles. The van der Waals surface area contributed by atoms with Gasteiger partial charge in [-0.1, -0.05) is 25.3 Å². The van der Waals surface area contributed by atoms with Gasteiger partial charge in [0.05, 0.1) is 5.57 Å². The van der Waals surface area contributed by atoms with E-state index < -0.39 is 5.83 Å². The van der Waals surface area contributed by atoms with Crippen LogP contribution in [0, 0.1) is 11.3 Å². The van der Waals surface area contributed by atoms with Crippen molar-refractivity contribution in [2.24, 2.45) is 0 Å². The van der Waals surface area contributed by atoms with Gasteiger partial charge in [-0.05, 0) is 18.6 Å². The summed E-state index contributed by atoms with van der Waals surface area (Å²) in [6.07, 6.45) is 4.44. The Morgan fingerprint density at radius 3 is 2.42 bits per heavy atom. The molecule has 0 atom stereocenters. The molecule has 0 aromatic carbocycles. The van der Waals surface area contributed by atoms with Gasteiger partial charge in [-0.15, -0.1) is 0 Å². The smallest absolute Gasteiger partial charge is 0.115 e. The van der Waals surface area contributed by atoms with Crippen LogP contribution in [0.2, 0.25) is 0 Å². The second kappa shape index (κ2) is 5.09. The molecule has 0 aromatic rings. The first kappa shape index (κ1) is 10.4. The summed E-state index contributed by atoms with van der Waals surface area (Å²) in [6.45, 7) is 8.28. The fourth-order valence-electron chi connectivity index (χ4n) is 0.488. The minimum Gasteiger partial charge on any atom is -0.211 e. The van der Waals surface area contributed by atoms with E-state index >= 15 is 0 Å². The van der Waals surface area contributed by atoms with E-state index in [4.69, 9.17) is 5.26 Å². The van der Waals surface area contributed by atoms with E-state index in [1.165, 1.54) is 25.2 Å². The van der Waals surface area contributed by atoms with E-state index in [9.17, 15) is 4.39 Å². The van der Waals surface area contributed by atoms with Crippen LogP contribution in [0.1, 0.15) is 6.92 Å². The quantitative estimate of drug-likeness (QED) is 0.463. The van der Waals surface area contributed by atoms with Crippen molar-refractivity contribution in [1.82, 2.24) is 0 Å². The maximum absolute atomic E-state index is 12.5. The lowest BCUT2D eigenvalue weighted by Gasteiger charge is -1.89. The Kier molecular flexibility index (Phi) is 4.40. The number of nitriles is 1. The second-order valence-corrected chi connectivity index (χ2v) is 2.17. The summed E-state index contributed by atoms with van der Waals surface area (Å²) < 4.78 is 12.5. The fraction of sp³-hybridized carbons (Fsp3) is 0.100. The van der Waals surface area contributed by atoms with Gasteiger partial charge in [0.15, 0.2) is 0 Å². The van der Waals surface area contributed by atoms with Crippen LogP contribution in [0.4, 0.5) is 4.39 Å². The SMILES string of the molecule is C=CC(=C)/C=C\C(C#N)=C(/C)F. The Bertz CT molecular complexity index is 285. The van der Waals surface area contributed by atoms with Crippen molar-refractivity contribution in [2.45, 2.75) is 6.92 Å². The van der Waals surface area contributed by atoms with E-state index in [-0.39, 0.29) is 5.57 Å². The molecule has 0 aliphatic rings. The Morgan fingerprint density at radius 1 is 1.50 bits per heavy atom. The molecule has 2 heteroatoms. The van der Waals surface area contributed by atoms with E-state index in [0.717, 1.165) is 0 Å². The maximum atomic E-state index is 12.5. The van der Waals surface area contributed by atoms with Crippen molar-refractivity contribution in [3.63, 3.8) is 0 Å². The van der Waals surface area contributed by atoms with Crippen LogP contribution in [0.3, 0.4) is 0 Å². The molecule has 0 rings (SSSR count). The molecule has 0 aliphatic carbocycles. The van der Waals surface area contributed by atoms with Gasteiger partial charge in [0, 0.05) is 0 Å². The predicted octanol–water partition coefficient (Wildman–Crippen LogP) is 3.05. The molecule has 12 heavy (non-hydrogen) atoms. The number of allylic oxidation sites excluding steroid dienone is 6. The van der Waals surface area contributed by atoms with Crippen LogP contribution in [-0.2, 0) is 0 Å². The van der Waals surface area contributed by atoms with Crippen molar-refractivity contribution in [1.29, 1.82) is 5.26 Å². The van der Waals surface area contributed by atoms with Crippen LogP contribution < -0.4 is 0 Å². The van der Waals surface area contributed by atoms with E-state index in [0.29, 0.717) is 5.57 Å². The Hall–Kier alpha value is -1.62. The molecule has 62 valence electrons. The van der Waals surface area contributed by atoms with Crippen molar-refractivity contribution in [2.75, 3.05) is 0 Å². The maximum Gasteiger partial charge on any atom is 0.115 e. The van der Waals surface area contributed by atoms with Crippen LogP contribution in [0.5, 0.6) is 0 Å². The van der Waals surface area contributed by atoms with Crippen molar-refractivity contribution >= 4 is 0 Å². The number of halogens is 1. The first-order valence-corrected chi connectivity index (χ1v) is 3.37. The molecular formula is C10H10FN. The zero-order valence-corrected chi connectivity index (χ0v) is 6.97. The van der Waals surface area contributed by atoms with Gasteiger partial charge in [0.1, 0.15) is 11.9 Å². The van der Waals surface area contributed by atoms with Crippen molar-refractivity contribution in [3.8, 4) is 6.07 Å². The topological polar surface area (TPSA) is 23.8 Å². The molecule has 0 saturated heterocycles. The molecule has 0 N–H and O–H groups in total. The van der Waals surface area contributed by atoms with Crippen LogP contribution in [-0.4, -0.2) is 0 Å². The van der Waals surface area contributed by atoms with Gasteiger partial charge >= 0.3 is 0 Å². The van der Waals surface area contributed by atoms with E-state index in [1.54, 1.807) is 6.07 Å². The highest BCUT2D eigenvalue weighted by Crippen LogP contribution is 2.07. The minimum absolute atomic E-state index is 0.0120. The lowest BCUT2D eigenvalue weighted by Crippen LogP contribution is -1.75. The first-order chi connectivity index (χ1) is 5.61. The standard InChI is InChI=1S/C10H10FN/c1-4-8(2)5-6-10(7-12)9(3)11/h4-6H,1-2H2,3H3/b6-5-,10-9-. The van der Waals surface area contributed by atoms with Gasteiger partial charge < -0.3 is 0 Å². The molecule has 0 amide bonds. The highest BCUT2D eigenvalue weighted by molar-refractivity contribution is 5.39. The average molecular weight is 163 g/mol. The molecule has 0 unspecified atom stereocenters. The number of rotatable bonds is 3. The third-order valence-electron chi connectivity index (χ3n) is 1.22. The lowest BCUT2D eigenvalue weighted by molar-refractivity contribution is 0.635. The predicted molar refractivity (Wildman–Crippen MR) is 47.9 cm³/mol. The second-order valence-electron chi connectivity index (χ2n) is 2.17. The summed E-state index contributed by atoms with van der Waals surface area (Å²) >= 11 is 0. The molecule has 0 fully saturated rings. The van der Waals surface area contributed by atoms with Gasteiger partial charge in [0.2, 0.25) is 0 Å². The van der Waals surface area contributed by atoms with E-state index in [1.807, 2.05) is 0 Å². The summed E-state index contributed by atoms with van der Waals surface area (Å²) in [7, 11) is 0. The zero-order chi connectivity index (χ0) is 9.56. The summed E-state index contributed by atoms with van der Waals surface area (Å²) in [4.78, 5) is 0. The summed E-state index contributed by atoms with van der Waals surface area (Å²) in [5.41, 5.74) is 0.655. The largest absolute Gasteiger partial charge is 0.211 e. The molecule has 0 saturated carbocycles. The van der Waals surface area contributed by atoms with Crippen LogP contribution >= 0.6 is 0 Å². The van der Waals surface area contributed by atoms with E-state index in [2.05, 4.69) is 13.2 Å². The molecule has 0 bridgehead atoms. The third kappa shape index (κ3) is 3.52. The molecule has 0 radical (unpaired) electrons. The van der Waals surface area contributed by atoms with Gasteiger partial charge in [-0.3, -0.25) is 0 Å². The lowest BCUT2D eigenvalue weighted by atomic mass is 10.2. The highest BCUT2D eigenvalue weighted by atomic mass is 19.1. The Balaban J connectivity index is 4.56. The molecule has 0 heterocycles. The fourth-order valence-corrected chi connectivity index (χ4v) is 0.488. The van der Waals surface area contributed by atoms with Crippen LogP contribution in [0.25, 0.3) is 0 Å². The summed E-state index contributed by atoms with van der Waals surface area (Å²) in [5, 5.41) is 8.43. The van der Waals surface area contributed by atoms with Crippen molar-refractivity contribution in [3.05, 3.63) is 48.4 Å². The van der Waals surface area contributed by atoms with Crippen LogP contribution in [0.15, 0.2) is 48.4 Å². The number of hydrogen-bond acceptors (Lipinski definition) is 1. The molecule has 0 spiro atoms. The molecular weight excluding hydrogens is 153 g/mol. The van der Waals surface area contributed by atoms with Crippen molar-refractivity contribution < 1.29 is 4.39 Å². The first-order valence-electron chi connectivity index (χ1n) is 3.37. The number of hydrogen-bond donors (Lipinski definition) is 0. The molecule has 1 nitrogen and oxygen atoms in total. The number of nitrogens with zero attached hydrogens (tertiary/aromatic N) is 1. The summed E-state index contributed by atoms with van der Waals surface area (Å²) in [6, 6.07) is 1.72. The van der Waals surface area contributed by atoms with Gasteiger partial charge in [0.25, 0.3) is 0 Å². The third-order valence-corrected chi connectivity index (χ3v) is 1.22.